The van der Waals surface area contributed by atoms with Crippen molar-refractivity contribution in [1.82, 2.24) is 15.1 Å². The van der Waals surface area contributed by atoms with Crippen molar-refractivity contribution in [2.45, 2.75) is 33.2 Å². The Morgan fingerprint density at radius 2 is 1.96 bits per heavy atom. The number of aryl methyl sites for hydroxylation is 1. The molecule has 134 valence electrons. The minimum Gasteiger partial charge on any atom is -0.497 e. The van der Waals surface area contributed by atoms with Gasteiger partial charge in [-0.1, -0.05) is 20.3 Å². The minimum atomic E-state index is -1.05. The molecular weight excluding hydrogens is 322 g/mol. The Hall–Kier alpha value is -2.83. The quantitative estimate of drug-likeness (QED) is 0.804. The molecule has 0 spiro atoms. The summed E-state index contributed by atoms with van der Waals surface area (Å²) < 4.78 is 6.76. The van der Waals surface area contributed by atoms with Gasteiger partial charge in [-0.25, -0.2) is 9.48 Å². The molecular formula is C18H23N3O4. The number of hydrogen-bond donors (Lipinski definition) is 2. The highest BCUT2D eigenvalue weighted by molar-refractivity contribution is 5.95. The molecule has 0 saturated carbocycles. The van der Waals surface area contributed by atoms with Crippen LogP contribution in [0.25, 0.3) is 5.69 Å². The molecule has 0 saturated heterocycles. The molecule has 0 aliphatic carbocycles. The van der Waals surface area contributed by atoms with Gasteiger partial charge in [0.2, 0.25) is 0 Å². The van der Waals surface area contributed by atoms with E-state index < -0.39 is 17.9 Å². The third-order valence-electron chi connectivity index (χ3n) is 4.20. The molecule has 7 heteroatoms. The smallest absolute Gasteiger partial charge is 0.326 e. The molecule has 25 heavy (non-hydrogen) atoms. The second kappa shape index (κ2) is 7.83. The first-order chi connectivity index (χ1) is 11.9. The molecule has 0 radical (unpaired) electrons. The van der Waals surface area contributed by atoms with E-state index in [-0.39, 0.29) is 11.6 Å². The van der Waals surface area contributed by atoms with Gasteiger partial charge in [0.05, 0.1) is 12.8 Å². The van der Waals surface area contributed by atoms with Crippen LogP contribution in [0.1, 0.15) is 36.5 Å². The lowest BCUT2D eigenvalue weighted by Gasteiger charge is -2.19. The summed E-state index contributed by atoms with van der Waals surface area (Å²) in [7, 11) is 1.59. The average Bonchev–Trinajstić information content (AvgIpc) is 3.00. The molecule has 1 amide bonds. The Balaban J connectivity index is 2.22. The van der Waals surface area contributed by atoms with Crippen molar-refractivity contribution in [3.8, 4) is 11.4 Å². The Labute approximate surface area is 146 Å². The van der Waals surface area contributed by atoms with Crippen molar-refractivity contribution >= 4 is 11.9 Å². The van der Waals surface area contributed by atoms with Crippen LogP contribution in [0.3, 0.4) is 0 Å². The summed E-state index contributed by atoms with van der Waals surface area (Å²) in [5, 5.41) is 16.2. The first-order valence-electron chi connectivity index (χ1n) is 8.12. The first kappa shape index (κ1) is 18.5. The zero-order valence-corrected chi connectivity index (χ0v) is 14.8. The number of rotatable bonds is 7. The number of benzene rings is 1. The number of hydrogen-bond acceptors (Lipinski definition) is 4. The van der Waals surface area contributed by atoms with E-state index in [1.807, 2.05) is 26.0 Å². The molecule has 2 rings (SSSR count). The number of carbonyl (C=O) groups is 2. The topological polar surface area (TPSA) is 93.5 Å². The number of ether oxygens (including phenoxy) is 1. The lowest BCUT2D eigenvalue weighted by atomic mass is 9.99. The first-order valence-corrected chi connectivity index (χ1v) is 8.12. The summed E-state index contributed by atoms with van der Waals surface area (Å²) >= 11 is 0. The monoisotopic (exact) mass is 345 g/mol. The van der Waals surface area contributed by atoms with Gasteiger partial charge in [0.15, 0.2) is 5.69 Å². The molecule has 7 nitrogen and oxygen atoms in total. The Morgan fingerprint density at radius 1 is 1.32 bits per heavy atom. The number of nitrogens with one attached hydrogen (secondary N) is 1. The van der Waals surface area contributed by atoms with E-state index in [2.05, 4.69) is 10.4 Å². The highest BCUT2D eigenvalue weighted by Gasteiger charge is 2.26. The number of carbonyl (C=O) groups excluding carboxylic acids is 1. The number of aliphatic carboxylic acids is 1. The van der Waals surface area contributed by atoms with E-state index in [0.29, 0.717) is 6.42 Å². The van der Waals surface area contributed by atoms with Gasteiger partial charge in [0, 0.05) is 5.69 Å². The number of carboxylic acids is 1. The van der Waals surface area contributed by atoms with Crippen LogP contribution in [-0.2, 0) is 4.79 Å². The summed E-state index contributed by atoms with van der Waals surface area (Å²) in [5.41, 5.74) is 1.74. The molecule has 0 fully saturated rings. The molecule has 0 aliphatic rings. The molecule has 1 heterocycles. The molecule has 2 N–H and O–H groups in total. The van der Waals surface area contributed by atoms with Gasteiger partial charge in [0.1, 0.15) is 11.8 Å². The van der Waals surface area contributed by atoms with Crippen molar-refractivity contribution < 1.29 is 19.4 Å². The highest BCUT2D eigenvalue weighted by atomic mass is 16.5. The standard InChI is InChI=1S/C18H23N3O4/c1-5-11(2)16(18(23)24)19-17(22)15-10-12(3)21(20-15)13-6-8-14(25-4)9-7-13/h6-11,16H,5H2,1-4H3,(H,19,22)(H,23,24)/t11-,16-/m0/s1. The zero-order chi connectivity index (χ0) is 18.6. The fraction of sp³-hybridized carbons (Fsp3) is 0.389. The largest absolute Gasteiger partial charge is 0.497 e. The maximum absolute atomic E-state index is 12.4. The van der Waals surface area contributed by atoms with Crippen LogP contribution in [0.5, 0.6) is 5.75 Å². The summed E-state index contributed by atoms with van der Waals surface area (Å²) in [6.45, 7) is 5.51. The van der Waals surface area contributed by atoms with Crippen molar-refractivity contribution in [3.63, 3.8) is 0 Å². The normalized spacial score (nSPS) is 13.1. The fourth-order valence-corrected chi connectivity index (χ4v) is 2.47. The van der Waals surface area contributed by atoms with Crippen LogP contribution in [-0.4, -0.2) is 39.9 Å². The molecule has 2 aromatic rings. The predicted octanol–water partition coefficient (Wildman–Crippen LogP) is 2.42. The number of amides is 1. The SMILES string of the molecule is CC[C@H](C)[C@H](NC(=O)c1cc(C)n(-c2ccc(OC)cc2)n1)C(=O)O. The lowest BCUT2D eigenvalue weighted by Crippen LogP contribution is -2.45. The Kier molecular flexibility index (Phi) is 5.80. The number of methoxy groups -OCH3 is 1. The molecule has 0 unspecified atom stereocenters. The third kappa shape index (κ3) is 4.17. The highest BCUT2D eigenvalue weighted by Crippen LogP contribution is 2.17. The van der Waals surface area contributed by atoms with Crippen molar-refractivity contribution in [2.24, 2.45) is 5.92 Å². The van der Waals surface area contributed by atoms with Gasteiger partial charge in [0.25, 0.3) is 5.91 Å². The third-order valence-corrected chi connectivity index (χ3v) is 4.20. The minimum absolute atomic E-state index is 0.175. The molecule has 2 atom stereocenters. The molecule has 0 bridgehead atoms. The van der Waals surface area contributed by atoms with Crippen LogP contribution in [0.4, 0.5) is 0 Å². The van der Waals surface area contributed by atoms with Gasteiger partial charge in [-0.3, -0.25) is 4.79 Å². The predicted molar refractivity (Wildman–Crippen MR) is 93.2 cm³/mol. The van der Waals surface area contributed by atoms with Gasteiger partial charge >= 0.3 is 5.97 Å². The maximum Gasteiger partial charge on any atom is 0.326 e. The zero-order valence-electron chi connectivity index (χ0n) is 14.8. The second-order valence-corrected chi connectivity index (χ2v) is 5.96. The van der Waals surface area contributed by atoms with Gasteiger partial charge in [-0.05, 0) is 43.2 Å². The van der Waals surface area contributed by atoms with Crippen LogP contribution >= 0.6 is 0 Å². The number of nitrogens with zero attached hydrogens (tertiary/aromatic N) is 2. The number of aromatic nitrogens is 2. The van der Waals surface area contributed by atoms with E-state index in [9.17, 15) is 14.7 Å². The Morgan fingerprint density at radius 3 is 2.48 bits per heavy atom. The summed E-state index contributed by atoms with van der Waals surface area (Å²) in [6.07, 6.45) is 0.649. The van der Waals surface area contributed by atoms with E-state index in [0.717, 1.165) is 17.1 Å². The van der Waals surface area contributed by atoms with E-state index in [4.69, 9.17) is 4.74 Å². The number of carboxylic acid groups (broad SMARTS) is 1. The van der Waals surface area contributed by atoms with Crippen molar-refractivity contribution in [2.75, 3.05) is 7.11 Å². The van der Waals surface area contributed by atoms with E-state index in [1.165, 1.54) is 0 Å². The van der Waals surface area contributed by atoms with E-state index in [1.54, 1.807) is 36.9 Å². The van der Waals surface area contributed by atoms with Crippen molar-refractivity contribution in [3.05, 3.63) is 41.7 Å². The van der Waals surface area contributed by atoms with E-state index >= 15 is 0 Å². The Bertz CT molecular complexity index is 752. The second-order valence-electron chi connectivity index (χ2n) is 5.96. The van der Waals surface area contributed by atoms with Gasteiger partial charge < -0.3 is 15.2 Å². The lowest BCUT2D eigenvalue weighted by molar-refractivity contribution is -0.140. The summed E-state index contributed by atoms with van der Waals surface area (Å²) in [6, 6.07) is 7.97. The van der Waals surface area contributed by atoms with Crippen LogP contribution in [0.2, 0.25) is 0 Å². The van der Waals surface area contributed by atoms with Crippen LogP contribution < -0.4 is 10.1 Å². The molecule has 0 aliphatic heterocycles. The van der Waals surface area contributed by atoms with Gasteiger partial charge in [-0.15, -0.1) is 0 Å². The summed E-state index contributed by atoms with van der Waals surface area (Å²) in [4.78, 5) is 23.8. The van der Waals surface area contributed by atoms with Crippen molar-refractivity contribution in [1.29, 1.82) is 0 Å². The van der Waals surface area contributed by atoms with Gasteiger partial charge in [-0.2, -0.15) is 5.10 Å². The molecule has 1 aromatic heterocycles. The molecule has 1 aromatic carbocycles. The fourth-order valence-electron chi connectivity index (χ4n) is 2.47. The maximum atomic E-state index is 12.4. The summed E-state index contributed by atoms with van der Waals surface area (Å²) in [5.74, 6) is -0.993. The van der Waals surface area contributed by atoms with Crippen LogP contribution in [0, 0.1) is 12.8 Å². The van der Waals surface area contributed by atoms with Crippen LogP contribution in [0.15, 0.2) is 30.3 Å². The average molecular weight is 345 g/mol.